The lowest BCUT2D eigenvalue weighted by molar-refractivity contribution is 0.0766. The Morgan fingerprint density at radius 3 is 2.33 bits per heavy atom. The number of aromatic nitrogens is 2. The molecule has 1 heterocycles. The fourth-order valence-corrected chi connectivity index (χ4v) is 2.82. The third-order valence-corrected chi connectivity index (χ3v) is 4.13. The van der Waals surface area contributed by atoms with Crippen LogP contribution in [0.15, 0.2) is 12.4 Å². The number of carbonyl (C=O) groups is 1. The van der Waals surface area contributed by atoms with Gasteiger partial charge in [0, 0.05) is 19.1 Å². The quantitative estimate of drug-likeness (QED) is 0.847. The molecule has 0 aromatic carbocycles. The summed E-state index contributed by atoms with van der Waals surface area (Å²) in [5, 5.41) is 3.45. The van der Waals surface area contributed by atoms with Crippen molar-refractivity contribution >= 4 is 11.7 Å². The fraction of sp³-hybridized carbons (Fsp3) is 0.688. The zero-order valence-electron chi connectivity index (χ0n) is 13.1. The Morgan fingerprint density at radius 2 is 1.81 bits per heavy atom. The molecule has 5 nitrogen and oxygen atoms in total. The first-order valence-electron chi connectivity index (χ1n) is 8.12. The van der Waals surface area contributed by atoms with E-state index in [9.17, 15) is 4.79 Å². The molecule has 116 valence electrons. The van der Waals surface area contributed by atoms with Gasteiger partial charge in [-0.1, -0.05) is 25.7 Å². The summed E-state index contributed by atoms with van der Waals surface area (Å²) in [6, 6.07) is 0.492. The van der Waals surface area contributed by atoms with Gasteiger partial charge in [0.1, 0.15) is 11.5 Å². The first kappa shape index (κ1) is 15.7. The van der Waals surface area contributed by atoms with Crippen molar-refractivity contribution in [1.29, 1.82) is 0 Å². The van der Waals surface area contributed by atoms with E-state index < -0.39 is 0 Å². The lowest BCUT2D eigenvalue weighted by atomic mass is 10.1. The molecule has 0 unspecified atom stereocenters. The van der Waals surface area contributed by atoms with E-state index in [1.54, 1.807) is 17.3 Å². The van der Waals surface area contributed by atoms with Crippen LogP contribution in [0.2, 0.25) is 0 Å². The van der Waals surface area contributed by atoms with Gasteiger partial charge < -0.3 is 10.2 Å². The Morgan fingerprint density at radius 1 is 1.14 bits per heavy atom. The van der Waals surface area contributed by atoms with E-state index in [0.717, 1.165) is 5.82 Å². The number of rotatable bonds is 5. The highest BCUT2D eigenvalue weighted by molar-refractivity contribution is 5.92. The van der Waals surface area contributed by atoms with Gasteiger partial charge in [0.2, 0.25) is 0 Å². The molecule has 1 fully saturated rings. The summed E-state index contributed by atoms with van der Waals surface area (Å²) in [4.78, 5) is 22.5. The Bertz CT molecular complexity index is 434. The Labute approximate surface area is 127 Å². The average Bonchev–Trinajstić information content (AvgIpc) is 2.78. The van der Waals surface area contributed by atoms with Crippen LogP contribution in [0.25, 0.3) is 0 Å². The molecular weight excluding hydrogens is 264 g/mol. The lowest BCUT2D eigenvalue weighted by Crippen LogP contribution is -2.31. The highest BCUT2D eigenvalue weighted by atomic mass is 16.2. The third kappa shape index (κ3) is 4.41. The summed E-state index contributed by atoms with van der Waals surface area (Å²) >= 11 is 0. The minimum atomic E-state index is -0.0477. The molecule has 1 aliphatic carbocycles. The van der Waals surface area contributed by atoms with E-state index in [-0.39, 0.29) is 5.91 Å². The van der Waals surface area contributed by atoms with E-state index in [1.807, 2.05) is 13.8 Å². The van der Waals surface area contributed by atoms with Crippen molar-refractivity contribution in [3.63, 3.8) is 0 Å². The smallest absolute Gasteiger partial charge is 0.274 e. The number of anilines is 1. The maximum atomic E-state index is 12.2. The minimum Gasteiger partial charge on any atom is -0.366 e. The van der Waals surface area contributed by atoms with Crippen molar-refractivity contribution in [2.24, 2.45) is 0 Å². The van der Waals surface area contributed by atoms with Gasteiger partial charge in [-0.25, -0.2) is 9.97 Å². The monoisotopic (exact) mass is 290 g/mol. The van der Waals surface area contributed by atoms with Crippen molar-refractivity contribution in [2.75, 3.05) is 18.4 Å². The molecule has 0 spiro atoms. The normalized spacial score (nSPS) is 16.3. The maximum Gasteiger partial charge on any atom is 0.274 e. The van der Waals surface area contributed by atoms with Crippen LogP contribution < -0.4 is 5.32 Å². The molecule has 1 amide bonds. The molecule has 1 aromatic heterocycles. The number of amides is 1. The topological polar surface area (TPSA) is 58.1 Å². The summed E-state index contributed by atoms with van der Waals surface area (Å²) in [5.41, 5.74) is 0.421. The molecule has 1 N–H and O–H groups in total. The molecule has 2 rings (SSSR count). The Balaban J connectivity index is 1.96. The van der Waals surface area contributed by atoms with Crippen molar-refractivity contribution in [2.45, 2.75) is 58.4 Å². The summed E-state index contributed by atoms with van der Waals surface area (Å²) in [7, 11) is 0. The Kier molecular flexibility index (Phi) is 5.96. The van der Waals surface area contributed by atoms with Gasteiger partial charge in [-0.2, -0.15) is 0 Å². The molecule has 0 bridgehead atoms. The number of nitrogens with one attached hydrogen (secondary N) is 1. The van der Waals surface area contributed by atoms with Gasteiger partial charge in [-0.3, -0.25) is 4.79 Å². The van der Waals surface area contributed by atoms with Crippen LogP contribution in [-0.2, 0) is 0 Å². The van der Waals surface area contributed by atoms with Crippen molar-refractivity contribution in [3.05, 3.63) is 18.1 Å². The average molecular weight is 290 g/mol. The molecule has 1 saturated carbocycles. The molecular formula is C16H26N4O. The van der Waals surface area contributed by atoms with Gasteiger partial charge in [0.15, 0.2) is 0 Å². The SMILES string of the molecule is CCN(CC)C(=O)c1cnc(NC2CCCCCC2)cn1. The molecule has 0 aliphatic heterocycles. The van der Waals surface area contributed by atoms with Crippen LogP contribution in [0.1, 0.15) is 62.9 Å². The molecule has 5 heteroatoms. The van der Waals surface area contributed by atoms with E-state index in [1.165, 1.54) is 38.5 Å². The predicted molar refractivity (Wildman–Crippen MR) is 84.4 cm³/mol. The summed E-state index contributed by atoms with van der Waals surface area (Å²) < 4.78 is 0. The van der Waals surface area contributed by atoms with Crippen molar-refractivity contribution in [1.82, 2.24) is 14.9 Å². The van der Waals surface area contributed by atoms with Crippen LogP contribution in [0.3, 0.4) is 0 Å². The number of hydrogen-bond donors (Lipinski definition) is 1. The van der Waals surface area contributed by atoms with Gasteiger partial charge in [-0.05, 0) is 26.7 Å². The van der Waals surface area contributed by atoms with E-state index in [2.05, 4.69) is 15.3 Å². The number of carbonyl (C=O) groups excluding carboxylic acids is 1. The molecule has 0 radical (unpaired) electrons. The van der Waals surface area contributed by atoms with Gasteiger partial charge >= 0.3 is 0 Å². The first-order valence-corrected chi connectivity index (χ1v) is 8.12. The van der Waals surface area contributed by atoms with Crippen molar-refractivity contribution in [3.8, 4) is 0 Å². The van der Waals surface area contributed by atoms with E-state index in [0.29, 0.717) is 24.8 Å². The van der Waals surface area contributed by atoms with E-state index >= 15 is 0 Å². The third-order valence-electron chi connectivity index (χ3n) is 4.13. The van der Waals surface area contributed by atoms with Gasteiger partial charge in [0.05, 0.1) is 12.4 Å². The van der Waals surface area contributed by atoms with Crippen LogP contribution in [0, 0.1) is 0 Å². The largest absolute Gasteiger partial charge is 0.366 e. The highest BCUT2D eigenvalue weighted by Crippen LogP contribution is 2.20. The van der Waals surface area contributed by atoms with E-state index in [4.69, 9.17) is 0 Å². The van der Waals surface area contributed by atoms with Crippen LogP contribution in [-0.4, -0.2) is 39.9 Å². The zero-order chi connectivity index (χ0) is 15.1. The first-order chi connectivity index (χ1) is 10.2. The van der Waals surface area contributed by atoms with Crippen LogP contribution in [0.4, 0.5) is 5.82 Å². The highest BCUT2D eigenvalue weighted by Gasteiger charge is 2.16. The van der Waals surface area contributed by atoms with Crippen LogP contribution >= 0.6 is 0 Å². The van der Waals surface area contributed by atoms with Crippen LogP contribution in [0.5, 0.6) is 0 Å². The second kappa shape index (κ2) is 7.96. The molecule has 0 saturated heterocycles. The molecule has 21 heavy (non-hydrogen) atoms. The van der Waals surface area contributed by atoms with Gasteiger partial charge in [-0.15, -0.1) is 0 Å². The number of nitrogens with zero attached hydrogens (tertiary/aromatic N) is 3. The minimum absolute atomic E-state index is 0.0477. The number of hydrogen-bond acceptors (Lipinski definition) is 4. The molecule has 0 atom stereocenters. The second-order valence-corrected chi connectivity index (χ2v) is 5.60. The summed E-state index contributed by atoms with van der Waals surface area (Å²) in [6.07, 6.45) is 10.9. The predicted octanol–water partition coefficient (Wildman–Crippen LogP) is 3.09. The fourth-order valence-electron chi connectivity index (χ4n) is 2.82. The second-order valence-electron chi connectivity index (χ2n) is 5.60. The molecule has 1 aromatic rings. The standard InChI is InChI=1S/C16H26N4O/c1-3-20(4-2)16(21)14-11-18-15(12-17-14)19-13-9-7-5-6-8-10-13/h11-13H,3-10H2,1-2H3,(H,18,19). The summed E-state index contributed by atoms with van der Waals surface area (Å²) in [5.74, 6) is 0.728. The lowest BCUT2D eigenvalue weighted by Gasteiger charge is -2.19. The molecule has 1 aliphatic rings. The maximum absolute atomic E-state index is 12.2. The van der Waals surface area contributed by atoms with Gasteiger partial charge in [0.25, 0.3) is 5.91 Å². The zero-order valence-corrected chi connectivity index (χ0v) is 13.1. The summed E-state index contributed by atoms with van der Waals surface area (Å²) in [6.45, 7) is 5.33. The van der Waals surface area contributed by atoms with Crippen molar-refractivity contribution < 1.29 is 4.79 Å². The Hall–Kier alpha value is -1.65.